The fourth-order valence-electron chi connectivity index (χ4n) is 3.95. The summed E-state index contributed by atoms with van der Waals surface area (Å²) in [6, 6.07) is 5.55. The minimum atomic E-state index is -0.664. The molecule has 0 aliphatic carbocycles. The number of fused-ring (bicyclic) bond motifs is 1. The molecule has 15 heteroatoms. The molecule has 2 saturated heterocycles. The number of nitrogens with zero attached hydrogens (tertiary/aromatic N) is 5. The molecule has 13 nitrogen and oxygen atoms in total. The zero-order chi connectivity index (χ0) is 25.3. The molecule has 0 radical (unpaired) electrons. The number of nitro benzene ring substituents is 1. The number of non-ortho nitro benzene ring substituents is 1. The Bertz CT molecular complexity index is 1140. The van der Waals surface area contributed by atoms with Crippen LogP contribution in [0.5, 0.6) is 0 Å². The molecular formula is C20H24N8O5S2. The zero-order valence-electron chi connectivity index (χ0n) is 19.1. The molecule has 2 fully saturated rings. The number of rotatable bonds is 7. The highest BCUT2D eigenvalue weighted by molar-refractivity contribution is 8.00. The normalized spacial score (nSPS) is 24.3. The quantitative estimate of drug-likeness (QED) is 0.359. The number of hydrogen-bond donors (Lipinski definition) is 3. The Balaban J connectivity index is 1.53. The molecule has 4 atom stereocenters. The van der Waals surface area contributed by atoms with Crippen molar-refractivity contribution < 1.29 is 19.3 Å². The van der Waals surface area contributed by atoms with Gasteiger partial charge in [0.05, 0.1) is 34.3 Å². The fraction of sp³-hybridized carbons (Fsp3) is 0.450. The van der Waals surface area contributed by atoms with Crippen molar-refractivity contribution in [1.29, 1.82) is 0 Å². The van der Waals surface area contributed by atoms with Gasteiger partial charge in [-0.05, 0) is 24.1 Å². The second-order valence-corrected chi connectivity index (χ2v) is 10.2. The first-order valence-electron chi connectivity index (χ1n) is 10.7. The maximum absolute atomic E-state index is 13.1. The van der Waals surface area contributed by atoms with Gasteiger partial charge in [-0.25, -0.2) is 4.79 Å². The average Bonchev–Trinajstić information content (AvgIpc) is 3.31. The number of carbonyl (C=O) groups excluding carboxylic acids is 3. The summed E-state index contributed by atoms with van der Waals surface area (Å²) in [6.45, 7) is 1.95. The number of urea groups is 1. The van der Waals surface area contributed by atoms with E-state index in [1.807, 2.05) is 6.92 Å². The van der Waals surface area contributed by atoms with Crippen LogP contribution in [0.25, 0.3) is 0 Å². The third kappa shape index (κ3) is 5.12. The summed E-state index contributed by atoms with van der Waals surface area (Å²) in [7, 11) is 3.03. The summed E-state index contributed by atoms with van der Waals surface area (Å²) in [6.07, 6.45) is -0.432. The minimum absolute atomic E-state index is 0.0313. The van der Waals surface area contributed by atoms with E-state index in [2.05, 4.69) is 26.1 Å². The molecule has 3 heterocycles. The monoisotopic (exact) mass is 520 g/mol. The molecule has 4 rings (SSSR count). The van der Waals surface area contributed by atoms with Gasteiger partial charge in [0.15, 0.2) is 0 Å². The number of amides is 4. The van der Waals surface area contributed by atoms with Gasteiger partial charge in [-0.15, -0.1) is 22.0 Å². The molecule has 4 unspecified atom stereocenters. The highest BCUT2D eigenvalue weighted by atomic mass is 32.2. The summed E-state index contributed by atoms with van der Waals surface area (Å²) in [5.74, 6) is -1.29. The summed E-state index contributed by atoms with van der Waals surface area (Å²) in [5, 5.41) is 28.9. The highest BCUT2D eigenvalue weighted by Gasteiger charge is 2.51. The van der Waals surface area contributed by atoms with E-state index < -0.39 is 34.6 Å². The molecule has 2 aliphatic rings. The first-order valence-corrected chi connectivity index (χ1v) is 12.6. The van der Waals surface area contributed by atoms with E-state index >= 15 is 0 Å². The van der Waals surface area contributed by atoms with E-state index in [0.29, 0.717) is 10.7 Å². The van der Waals surface area contributed by atoms with Crippen molar-refractivity contribution in [3.05, 3.63) is 45.0 Å². The largest absolute Gasteiger partial charge is 0.327 e. The second kappa shape index (κ2) is 10.2. The predicted molar refractivity (Wildman–Crippen MR) is 129 cm³/mol. The smallest absolute Gasteiger partial charge is 0.311 e. The summed E-state index contributed by atoms with van der Waals surface area (Å²) in [4.78, 5) is 51.2. The van der Waals surface area contributed by atoms with Crippen molar-refractivity contribution in [2.45, 2.75) is 31.0 Å². The van der Waals surface area contributed by atoms with Gasteiger partial charge in [-0.3, -0.25) is 40.6 Å². The predicted octanol–water partition coefficient (Wildman–Crippen LogP) is 1.36. The fourth-order valence-corrected chi connectivity index (χ4v) is 5.75. The van der Waals surface area contributed by atoms with Gasteiger partial charge >= 0.3 is 6.03 Å². The summed E-state index contributed by atoms with van der Waals surface area (Å²) >= 11 is 2.54. The van der Waals surface area contributed by atoms with Gasteiger partial charge in [0.1, 0.15) is 5.01 Å². The van der Waals surface area contributed by atoms with Crippen molar-refractivity contribution >= 4 is 51.8 Å². The van der Waals surface area contributed by atoms with Crippen molar-refractivity contribution in [1.82, 2.24) is 30.6 Å². The number of aryl methyl sites for hydroxylation is 1. The first-order chi connectivity index (χ1) is 16.7. The maximum atomic E-state index is 13.1. The van der Waals surface area contributed by atoms with E-state index in [1.165, 1.54) is 47.2 Å². The van der Waals surface area contributed by atoms with E-state index in [-0.39, 0.29) is 23.3 Å². The van der Waals surface area contributed by atoms with Gasteiger partial charge in [0.25, 0.3) is 5.69 Å². The number of anilines is 1. The number of thioether (sulfide) groups is 1. The molecule has 4 amide bonds. The van der Waals surface area contributed by atoms with Gasteiger partial charge in [-0.2, -0.15) is 0 Å². The Kier molecular flexibility index (Phi) is 7.30. The molecule has 2 aromatic rings. The third-order valence-electron chi connectivity index (χ3n) is 5.80. The van der Waals surface area contributed by atoms with Gasteiger partial charge < -0.3 is 4.90 Å². The van der Waals surface area contributed by atoms with Crippen LogP contribution in [-0.4, -0.2) is 74.2 Å². The molecule has 0 bridgehead atoms. The molecule has 1 aromatic heterocycles. The highest BCUT2D eigenvalue weighted by Crippen LogP contribution is 2.34. The van der Waals surface area contributed by atoms with Crippen LogP contribution in [-0.2, 0) is 16.0 Å². The number of imide groups is 1. The molecule has 35 heavy (non-hydrogen) atoms. The van der Waals surface area contributed by atoms with Crippen LogP contribution in [0.2, 0.25) is 0 Å². The topological polar surface area (TPSA) is 163 Å². The average molecular weight is 521 g/mol. The summed E-state index contributed by atoms with van der Waals surface area (Å²) in [5.41, 5.74) is 0.645. The van der Waals surface area contributed by atoms with Gasteiger partial charge in [0.2, 0.25) is 16.9 Å². The van der Waals surface area contributed by atoms with E-state index in [4.69, 9.17) is 0 Å². The van der Waals surface area contributed by atoms with Crippen LogP contribution in [0.1, 0.15) is 23.7 Å². The molecule has 0 saturated carbocycles. The van der Waals surface area contributed by atoms with Crippen LogP contribution in [0, 0.1) is 16.0 Å². The first kappa shape index (κ1) is 25.0. The van der Waals surface area contributed by atoms with Gasteiger partial charge in [-0.1, -0.05) is 18.3 Å². The lowest BCUT2D eigenvalue weighted by Gasteiger charge is -2.50. The molecular weight excluding hydrogens is 496 g/mol. The number of benzene rings is 1. The van der Waals surface area contributed by atoms with Crippen LogP contribution in [0.4, 0.5) is 15.6 Å². The van der Waals surface area contributed by atoms with Crippen molar-refractivity contribution in [3.63, 3.8) is 0 Å². The van der Waals surface area contributed by atoms with Gasteiger partial charge in [0, 0.05) is 26.2 Å². The van der Waals surface area contributed by atoms with Crippen LogP contribution < -0.4 is 16.0 Å². The van der Waals surface area contributed by atoms with Crippen molar-refractivity contribution in [3.8, 4) is 0 Å². The zero-order valence-corrected chi connectivity index (χ0v) is 20.8. The number of aromatic nitrogens is 2. The third-order valence-corrected chi connectivity index (χ3v) is 8.00. The maximum Gasteiger partial charge on any atom is 0.327 e. The lowest BCUT2D eigenvalue weighted by atomic mass is 9.96. The Labute approximate surface area is 208 Å². The lowest BCUT2D eigenvalue weighted by Crippen LogP contribution is -2.72. The van der Waals surface area contributed by atoms with E-state index in [9.17, 15) is 24.5 Å². The second-order valence-electron chi connectivity index (χ2n) is 8.01. The standard InChI is InChI=1S/C20H24N8O5S2/c1-4-13-24-25-19(35-13)21-12(29)9-34-17-14-16(26(2)20(31)27(3)18(14)30)22-15(23-17)10-5-7-11(8-6-10)28(32)33/h5-8,14-17,22-23H,4,9H2,1-3H3,(H,21,25,29). The van der Waals surface area contributed by atoms with E-state index in [1.54, 1.807) is 19.2 Å². The lowest BCUT2D eigenvalue weighted by molar-refractivity contribution is -0.384. The Morgan fingerprint density at radius 2 is 1.94 bits per heavy atom. The molecule has 0 spiro atoms. The summed E-state index contributed by atoms with van der Waals surface area (Å²) < 4.78 is 0. The van der Waals surface area contributed by atoms with Crippen molar-refractivity contribution in [2.24, 2.45) is 5.92 Å². The molecule has 1 aromatic carbocycles. The van der Waals surface area contributed by atoms with Crippen LogP contribution in [0.3, 0.4) is 0 Å². The number of nitro groups is 1. The Morgan fingerprint density at radius 1 is 1.23 bits per heavy atom. The van der Waals surface area contributed by atoms with Crippen LogP contribution in [0.15, 0.2) is 24.3 Å². The molecule has 186 valence electrons. The Hall–Kier alpha value is -3.14. The Morgan fingerprint density at radius 3 is 2.57 bits per heavy atom. The number of hydrogen-bond acceptors (Lipinski definition) is 11. The number of carbonyl (C=O) groups is 3. The SMILES string of the molecule is CCc1nnc(NC(=O)CSC2NC(c3ccc([N+](=O)[O-])cc3)NC3C2C(=O)N(C)C(=O)N3C)s1. The minimum Gasteiger partial charge on any atom is -0.311 e. The van der Waals surface area contributed by atoms with Crippen molar-refractivity contribution in [2.75, 3.05) is 25.2 Å². The van der Waals surface area contributed by atoms with Crippen LogP contribution >= 0.6 is 23.1 Å². The number of nitrogens with one attached hydrogen (secondary N) is 3. The molecule has 2 aliphatic heterocycles. The van der Waals surface area contributed by atoms with E-state index in [0.717, 1.165) is 16.3 Å². The molecule has 3 N–H and O–H groups in total.